The Morgan fingerprint density at radius 3 is 2.63 bits per heavy atom. The summed E-state index contributed by atoms with van der Waals surface area (Å²) < 4.78 is 6.87. The number of hydrogen-bond acceptors (Lipinski definition) is 2. The van der Waals surface area contributed by atoms with Crippen LogP contribution in [-0.2, 0) is 0 Å². The average molecular weight is 320 g/mol. The lowest BCUT2D eigenvalue weighted by atomic mass is 10.1. The highest BCUT2D eigenvalue weighted by atomic mass is 79.9. The molecule has 0 heterocycles. The number of aryl methyl sites for hydroxylation is 1. The summed E-state index contributed by atoms with van der Waals surface area (Å²) >= 11 is 3.51. The van der Waals surface area contributed by atoms with Crippen molar-refractivity contribution < 1.29 is 4.74 Å². The molecule has 100 valence electrons. The Kier molecular flexibility index (Phi) is 4.86. The maximum Gasteiger partial charge on any atom is 0.122 e. The molecule has 0 radical (unpaired) electrons. The molecule has 0 bridgehead atoms. The molecule has 2 aromatic rings. The lowest BCUT2D eigenvalue weighted by molar-refractivity contribution is 0.330. The van der Waals surface area contributed by atoms with Gasteiger partial charge in [0.15, 0.2) is 0 Å². The van der Waals surface area contributed by atoms with Crippen LogP contribution >= 0.6 is 15.9 Å². The lowest BCUT2D eigenvalue weighted by Gasteiger charge is -2.12. The van der Waals surface area contributed by atoms with Crippen LogP contribution in [0.25, 0.3) is 0 Å². The lowest BCUT2D eigenvalue weighted by Crippen LogP contribution is -2.12. The van der Waals surface area contributed by atoms with Gasteiger partial charge in [-0.25, -0.2) is 0 Å². The van der Waals surface area contributed by atoms with E-state index in [-0.39, 0.29) is 0 Å². The van der Waals surface area contributed by atoms with Crippen molar-refractivity contribution in [2.45, 2.75) is 13.8 Å². The smallest absolute Gasteiger partial charge is 0.122 e. The fourth-order valence-corrected chi connectivity index (χ4v) is 2.26. The third kappa shape index (κ3) is 3.74. The van der Waals surface area contributed by atoms with Gasteiger partial charge in [-0.3, -0.25) is 0 Å². The SMILES string of the molecule is Cc1cccc(OCCNc2ccccc2Br)c1C. The van der Waals surface area contributed by atoms with E-state index < -0.39 is 0 Å². The molecular weight excluding hydrogens is 302 g/mol. The van der Waals surface area contributed by atoms with Crippen LogP contribution < -0.4 is 10.1 Å². The zero-order chi connectivity index (χ0) is 13.7. The van der Waals surface area contributed by atoms with E-state index in [9.17, 15) is 0 Å². The van der Waals surface area contributed by atoms with Crippen molar-refractivity contribution in [3.8, 4) is 5.75 Å². The van der Waals surface area contributed by atoms with E-state index in [0.717, 1.165) is 22.5 Å². The molecule has 0 aromatic heterocycles. The normalized spacial score (nSPS) is 10.3. The maximum absolute atomic E-state index is 5.80. The number of ether oxygens (including phenoxy) is 1. The van der Waals surface area contributed by atoms with Crippen LogP contribution in [0.15, 0.2) is 46.9 Å². The van der Waals surface area contributed by atoms with Crippen molar-refractivity contribution in [3.05, 3.63) is 58.1 Å². The van der Waals surface area contributed by atoms with Gasteiger partial charge in [-0.1, -0.05) is 24.3 Å². The Hall–Kier alpha value is -1.48. The summed E-state index contributed by atoms with van der Waals surface area (Å²) in [6.45, 7) is 5.61. The van der Waals surface area contributed by atoms with E-state index in [1.54, 1.807) is 0 Å². The minimum Gasteiger partial charge on any atom is -0.491 e. The van der Waals surface area contributed by atoms with Gasteiger partial charge in [0.1, 0.15) is 12.4 Å². The van der Waals surface area contributed by atoms with E-state index in [0.29, 0.717) is 6.61 Å². The number of hydrogen-bond donors (Lipinski definition) is 1. The molecule has 1 N–H and O–H groups in total. The van der Waals surface area contributed by atoms with Crippen LogP contribution in [0.2, 0.25) is 0 Å². The molecule has 0 unspecified atom stereocenters. The molecule has 0 saturated carbocycles. The highest BCUT2D eigenvalue weighted by molar-refractivity contribution is 9.10. The highest BCUT2D eigenvalue weighted by Crippen LogP contribution is 2.22. The summed E-state index contributed by atoms with van der Waals surface area (Å²) in [5, 5.41) is 3.35. The summed E-state index contributed by atoms with van der Waals surface area (Å²) in [4.78, 5) is 0. The molecule has 0 aliphatic rings. The van der Waals surface area contributed by atoms with Gasteiger partial charge in [-0.15, -0.1) is 0 Å². The van der Waals surface area contributed by atoms with Crippen molar-refractivity contribution in [1.29, 1.82) is 0 Å². The van der Waals surface area contributed by atoms with Gasteiger partial charge < -0.3 is 10.1 Å². The third-order valence-electron chi connectivity index (χ3n) is 3.10. The Bertz CT molecular complexity index is 554. The maximum atomic E-state index is 5.80. The molecule has 19 heavy (non-hydrogen) atoms. The van der Waals surface area contributed by atoms with Crippen molar-refractivity contribution in [2.75, 3.05) is 18.5 Å². The molecule has 0 atom stereocenters. The van der Waals surface area contributed by atoms with Crippen LogP contribution in [-0.4, -0.2) is 13.2 Å². The molecule has 0 saturated heterocycles. The molecule has 0 spiro atoms. The topological polar surface area (TPSA) is 21.3 Å². The third-order valence-corrected chi connectivity index (χ3v) is 3.80. The van der Waals surface area contributed by atoms with E-state index in [2.05, 4.69) is 41.2 Å². The minimum absolute atomic E-state index is 0.644. The number of nitrogens with one attached hydrogen (secondary N) is 1. The molecule has 0 amide bonds. The largest absolute Gasteiger partial charge is 0.491 e. The number of para-hydroxylation sites is 1. The summed E-state index contributed by atoms with van der Waals surface area (Å²) in [5.74, 6) is 0.967. The Morgan fingerprint density at radius 1 is 1.05 bits per heavy atom. The molecule has 3 heteroatoms. The zero-order valence-corrected chi connectivity index (χ0v) is 12.8. The molecule has 2 aromatic carbocycles. The van der Waals surface area contributed by atoms with Crippen molar-refractivity contribution in [2.24, 2.45) is 0 Å². The van der Waals surface area contributed by atoms with Crippen LogP contribution in [0.5, 0.6) is 5.75 Å². The molecule has 2 rings (SSSR count). The van der Waals surface area contributed by atoms with Gasteiger partial charge in [0.25, 0.3) is 0 Å². The van der Waals surface area contributed by atoms with E-state index in [4.69, 9.17) is 4.74 Å². The first-order chi connectivity index (χ1) is 9.18. The highest BCUT2D eigenvalue weighted by Gasteiger charge is 2.01. The summed E-state index contributed by atoms with van der Waals surface area (Å²) in [7, 11) is 0. The Labute approximate surface area is 122 Å². The van der Waals surface area contributed by atoms with Gasteiger partial charge in [-0.2, -0.15) is 0 Å². The van der Waals surface area contributed by atoms with Crippen molar-refractivity contribution in [3.63, 3.8) is 0 Å². The molecule has 2 nitrogen and oxygen atoms in total. The standard InChI is InChI=1S/C16H18BrNO/c1-12-6-5-9-16(13(12)2)19-11-10-18-15-8-4-3-7-14(15)17/h3-9,18H,10-11H2,1-2H3. The quantitative estimate of drug-likeness (QED) is 0.816. The molecule has 0 fully saturated rings. The van der Waals surface area contributed by atoms with E-state index >= 15 is 0 Å². The monoisotopic (exact) mass is 319 g/mol. The fraction of sp³-hybridized carbons (Fsp3) is 0.250. The first-order valence-electron chi connectivity index (χ1n) is 6.36. The number of rotatable bonds is 5. The van der Waals surface area contributed by atoms with Crippen molar-refractivity contribution >= 4 is 21.6 Å². The molecule has 0 aliphatic heterocycles. The summed E-state index contributed by atoms with van der Waals surface area (Å²) in [5.41, 5.74) is 3.56. The van der Waals surface area contributed by atoms with Crippen LogP contribution in [0.1, 0.15) is 11.1 Å². The minimum atomic E-state index is 0.644. The molecule has 0 aliphatic carbocycles. The Morgan fingerprint density at radius 2 is 1.84 bits per heavy atom. The van der Waals surface area contributed by atoms with Crippen molar-refractivity contribution in [1.82, 2.24) is 0 Å². The van der Waals surface area contributed by atoms with Gasteiger partial charge in [0.05, 0.1) is 0 Å². The van der Waals surface area contributed by atoms with E-state index in [1.165, 1.54) is 11.1 Å². The second-order valence-corrected chi connectivity index (χ2v) is 5.31. The fourth-order valence-electron chi connectivity index (χ4n) is 1.83. The summed E-state index contributed by atoms with van der Waals surface area (Å²) in [6, 6.07) is 14.2. The first-order valence-corrected chi connectivity index (χ1v) is 7.15. The van der Waals surface area contributed by atoms with Crippen LogP contribution in [0, 0.1) is 13.8 Å². The van der Waals surface area contributed by atoms with Gasteiger partial charge >= 0.3 is 0 Å². The average Bonchev–Trinajstić information content (AvgIpc) is 2.41. The number of halogens is 1. The second-order valence-electron chi connectivity index (χ2n) is 4.45. The Balaban J connectivity index is 1.84. The number of anilines is 1. The van der Waals surface area contributed by atoms with Crippen LogP contribution in [0.4, 0.5) is 5.69 Å². The first kappa shape index (κ1) is 13.9. The summed E-state index contributed by atoms with van der Waals surface area (Å²) in [6.07, 6.45) is 0. The zero-order valence-electron chi connectivity index (χ0n) is 11.2. The predicted octanol–water partition coefficient (Wildman–Crippen LogP) is 4.56. The predicted molar refractivity (Wildman–Crippen MR) is 84.0 cm³/mol. The van der Waals surface area contributed by atoms with Crippen LogP contribution in [0.3, 0.4) is 0 Å². The van der Waals surface area contributed by atoms with E-state index in [1.807, 2.05) is 36.4 Å². The number of benzene rings is 2. The molecular formula is C16H18BrNO. The van der Waals surface area contributed by atoms with Gasteiger partial charge in [-0.05, 0) is 59.1 Å². The second kappa shape index (κ2) is 6.62. The van der Waals surface area contributed by atoms with Gasteiger partial charge in [0, 0.05) is 16.7 Å². The van der Waals surface area contributed by atoms with Gasteiger partial charge in [0.2, 0.25) is 0 Å².